The molecule has 0 spiro atoms. The van der Waals surface area contributed by atoms with Crippen molar-refractivity contribution in [1.29, 1.82) is 0 Å². The molecule has 0 aliphatic heterocycles. The minimum absolute atomic E-state index is 0. The molecule has 1 amide bonds. The van der Waals surface area contributed by atoms with Crippen LogP contribution < -0.4 is 11.1 Å². The normalized spacial score (nSPS) is 9.71. The van der Waals surface area contributed by atoms with Crippen LogP contribution in [0.15, 0.2) is 0 Å². The summed E-state index contributed by atoms with van der Waals surface area (Å²) in [7, 11) is 0. The van der Waals surface area contributed by atoms with Gasteiger partial charge in [0.25, 0.3) is 6.43 Å². The molecule has 0 atom stereocenters. The first-order valence-corrected chi connectivity index (χ1v) is 4.06. The van der Waals surface area contributed by atoms with E-state index in [1.807, 2.05) is 0 Å². The molecule has 0 saturated heterocycles. The van der Waals surface area contributed by atoms with E-state index in [2.05, 4.69) is 15.5 Å². The second kappa shape index (κ2) is 5.78. The predicted octanol–water partition coefficient (Wildman–Crippen LogP) is 0.795. The van der Waals surface area contributed by atoms with E-state index in [9.17, 15) is 13.6 Å². The molecule has 1 aromatic heterocycles. The first-order chi connectivity index (χ1) is 6.13. The zero-order valence-electron chi connectivity index (χ0n) is 6.74. The van der Waals surface area contributed by atoms with Gasteiger partial charge < -0.3 is 5.73 Å². The van der Waals surface area contributed by atoms with Gasteiger partial charge >= 0.3 is 0 Å². The molecule has 1 rings (SSSR count). The third-order valence-electron chi connectivity index (χ3n) is 1.06. The van der Waals surface area contributed by atoms with Crippen LogP contribution in [-0.2, 0) is 4.79 Å². The highest BCUT2D eigenvalue weighted by Gasteiger charge is 2.14. The molecule has 0 aromatic carbocycles. The number of alkyl halides is 2. The van der Waals surface area contributed by atoms with Crippen molar-refractivity contribution in [2.75, 3.05) is 11.9 Å². The van der Waals surface area contributed by atoms with Crippen molar-refractivity contribution >= 4 is 34.8 Å². The number of nitrogens with one attached hydrogen (secondary N) is 1. The molecule has 0 saturated carbocycles. The summed E-state index contributed by atoms with van der Waals surface area (Å²) in [6, 6.07) is 0. The van der Waals surface area contributed by atoms with Gasteiger partial charge in [-0.2, -0.15) is 0 Å². The molecule has 14 heavy (non-hydrogen) atoms. The van der Waals surface area contributed by atoms with E-state index >= 15 is 0 Å². The van der Waals surface area contributed by atoms with Crippen molar-refractivity contribution in [3.05, 3.63) is 5.01 Å². The molecule has 0 bridgehead atoms. The standard InChI is InChI=1S/C5H6F2N4OS.ClH/c6-3(7)4-10-11-5(13-4)9-2(12)1-8;/h3H,1,8H2,(H,9,11,12);1H. The lowest BCUT2D eigenvalue weighted by Gasteiger charge is -1.94. The van der Waals surface area contributed by atoms with Gasteiger partial charge in [-0.05, 0) is 0 Å². The average Bonchev–Trinajstić information content (AvgIpc) is 2.52. The molecule has 0 fully saturated rings. The molecule has 0 unspecified atom stereocenters. The van der Waals surface area contributed by atoms with Crippen molar-refractivity contribution in [3.63, 3.8) is 0 Å². The quantitative estimate of drug-likeness (QED) is 0.824. The number of anilines is 1. The smallest absolute Gasteiger partial charge is 0.291 e. The molecule has 1 heterocycles. The summed E-state index contributed by atoms with van der Waals surface area (Å²) < 4.78 is 23.9. The molecule has 3 N–H and O–H groups in total. The van der Waals surface area contributed by atoms with E-state index in [0.29, 0.717) is 11.3 Å². The summed E-state index contributed by atoms with van der Waals surface area (Å²) in [5.41, 5.74) is 4.98. The molecule has 0 radical (unpaired) electrons. The topological polar surface area (TPSA) is 80.9 Å². The summed E-state index contributed by atoms with van der Waals surface area (Å²) in [6.07, 6.45) is -2.67. The van der Waals surface area contributed by atoms with E-state index in [0.717, 1.165) is 0 Å². The van der Waals surface area contributed by atoms with Gasteiger partial charge in [-0.25, -0.2) is 8.78 Å². The third-order valence-corrected chi connectivity index (χ3v) is 1.91. The molecule has 0 aliphatic carbocycles. The van der Waals surface area contributed by atoms with Gasteiger partial charge in [-0.15, -0.1) is 22.6 Å². The Morgan fingerprint density at radius 1 is 1.57 bits per heavy atom. The first kappa shape index (κ1) is 13.1. The number of carbonyl (C=O) groups excluding carboxylic acids is 1. The zero-order chi connectivity index (χ0) is 9.84. The minimum Gasteiger partial charge on any atom is -0.322 e. The van der Waals surface area contributed by atoms with Crippen LogP contribution in [0.5, 0.6) is 0 Å². The first-order valence-electron chi connectivity index (χ1n) is 3.25. The Kier molecular flexibility index (Phi) is 5.43. The van der Waals surface area contributed by atoms with Gasteiger partial charge in [0.05, 0.1) is 6.54 Å². The third kappa shape index (κ3) is 3.48. The summed E-state index contributed by atoms with van der Waals surface area (Å²) in [6.45, 7) is -0.219. The number of hydrogen-bond acceptors (Lipinski definition) is 5. The number of halogens is 3. The van der Waals surface area contributed by atoms with Gasteiger partial charge in [0, 0.05) is 0 Å². The van der Waals surface area contributed by atoms with E-state index in [-0.39, 0.29) is 24.1 Å². The van der Waals surface area contributed by atoms with Crippen LogP contribution in [0.1, 0.15) is 11.4 Å². The fourth-order valence-electron chi connectivity index (χ4n) is 0.544. The molecule has 5 nitrogen and oxygen atoms in total. The molecule has 80 valence electrons. The van der Waals surface area contributed by atoms with Crippen molar-refractivity contribution < 1.29 is 13.6 Å². The minimum atomic E-state index is -2.67. The van der Waals surface area contributed by atoms with Crippen LogP contribution in [0.3, 0.4) is 0 Å². The van der Waals surface area contributed by atoms with Gasteiger partial charge in [0.1, 0.15) is 0 Å². The van der Waals surface area contributed by atoms with Gasteiger partial charge in [-0.1, -0.05) is 11.3 Å². The number of hydrogen-bond donors (Lipinski definition) is 2. The van der Waals surface area contributed by atoms with Crippen LogP contribution in [0, 0.1) is 0 Å². The Balaban J connectivity index is 0.00000169. The van der Waals surface area contributed by atoms with E-state index in [1.165, 1.54) is 0 Å². The lowest BCUT2D eigenvalue weighted by atomic mass is 10.6. The lowest BCUT2D eigenvalue weighted by Crippen LogP contribution is -2.21. The van der Waals surface area contributed by atoms with E-state index < -0.39 is 17.3 Å². The summed E-state index contributed by atoms with van der Waals surface area (Å²) in [5.74, 6) is -0.489. The molecule has 9 heteroatoms. The average molecular weight is 245 g/mol. The van der Waals surface area contributed by atoms with Gasteiger partial charge in [0.2, 0.25) is 11.0 Å². The fraction of sp³-hybridized carbons (Fsp3) is 0.400. The number of carbonyl (C=O) groups is 1. The highest BCUT2D eigenvalue weighted by Crippen LogP contribution is 2.24. The van der Waals surface area contributed by atoms with Crippen LogP contribution in [0.2, 0.25) is 0 Å². The number of amides is 1. The molecular weight excluding hydrogens is 238 g/mol. The van der Waals surface area contributed by atoms with Crippen molar-refractivity contribution in [2.45, 2.75) is 6.43 Å². The molecule has 0 aliphatic rings. The maximum absolute atomic E-state index is 12.0. The zero-order valence-corrected chi connectivity index (χ0v) is 8.37. The maximum atomic E-state index is 12.0. The monoisotopic (exact) mass is 244 g/mol. The SMILES string of the molecule is Cl.NCC(=O)Nc1nnc(C(F)F)s1. The van der Waals surface area contributed by atoms with Crippen LogP contribution in [0.25, 0.3) is 0 Å². The summed E-state index contributed by atoms with van der Waals surface area (Å²) in [5, 5.41) is 8.32. The maximum Gasteiger partial charge on any atom is 0.291 e. The number of nitrogens with zero attached hydrogens (tertiary/aromatic N) is 2. The second-order valence-corrected chi connectivity index (χ2v) is 3.01. The van der Waals surface area contributed by atoms with Crippen LogP contribution in [-0.4, -0.2) is 22.6 Å². The van der Waals surface area contributed by atoms with Crippen LogP contribution in [0.4, 0.5) is 13.9 Å². The lowest BCUT2D eigenvalue weighted by molar-refractivity contribution is -0.114. The van der Waals surface area contributed by atoms with Gasteiger partial charge in [-0.3, -0.25) is 10.1 Å². The van der Waals surface area contributed by atoms with E-state index in [1.54, 1.807) is 0 Å². The largest absolute Gasteiger partial charge is 0.322 e. The Labute approximate surface area is 88.1 Å². The molecule has 1 aromatic rings. The Bertz CT molecular complexity index is 308. The Hall–Kier alpha value is -0.860. The number of rotatable bonds is 3. The van der Waals surface area contributed by atoms with Gasteiger partial charge in [0.15, 0.2) is 5.01 Å². The Morgan fingerprint density at radius 3 is 2.64 bits per heavy atom. The van der Waals surface area contributed by atoms with Crippen molar-refractivity contribution in [2.24, 2.45) is 5.73 Å². The molecular formula is C5H7ClF2N4OS. The van der Waals surface area contributed by atoms with Crippen molar-refractivity contribution in [3.8, 4) is 0 Å². The predicted molar refractivity (Wildman–Crippen MR) is 49.8 cm³/mol. The number of aromatic nitrogens is 2. The number of nitrogens with two attached hydrogens (primary N) is 1. The second-order valence-electron chi connectivity index (χ2n) is 2.00. The van der Waals surface area contributed by atoms with Crippen molar-refractivity contribution in [1.82, 2.24) is 10.2 Å². The summed E-state index contributed by atoms with van der Waals surface area (Å²) >= 11 is 0.625. The van der Waals surface area contributed by atoms with E-state index in [4.69, 9.17) is 5.73 Å². The highest BCUT2D eigenvalue weighted by atomic mass is 35.5. The fourth-order valence-corrected chi connectivity index (χ4v) is 1.16. The highest BCUT2D eigenvalue weighted by molar-refractivity contribution is 7.15. The Morgan fingerprint density at radius 2 is 2.21 bits per heavy atom. The van der Waals surface area contributed by atoms with Crippen LogP contribution >= 0.6 is 23.7 Å². The summed E-state index contributed by atoms with van der Waals surface area (Å²) in [4.78, 5) is 10.7.